The molecule has 1 aliphatic carbocycles. The molecule has 0 spiro atoms. The van der Waals surface area contributed by atoms with Crippen LogP contribution < -0.4 is 20.7 Å². The van der Waals surface area contributed by atoms with Gasteiger partial charge in [-0.25, -0.2) is 4.39 Å². The van der Waals surface area contributed by atoms with Gasteiger partial charge in [-0.05, 0) is 93.4 Å². The van der Waals surface area contributed by atoms with Crippen LogP contribution >= 0.6 is 0 Å². The Morgan fingerprint density at radius 1 is 1.06 bits per heavy atom. The molecule has 32 heavy (non-hydrogen) atoms. The summed E-state index contributed by atoms with van der Waals surface area (Å²) in [6, 6.07) is 14.0. The molecule has 1 heterocycles. The summed E-state index contributed by atoms with van der Waals surface area (Å²) in [5.74, 6) is 0.462. The van der Waals surface area contributed by atoms with Gasteiger partial charge in [-0.3, -0.25) is 4.79 Å². The fourth-order valence-electron chi connectivity index (χ4n) is 4.97. The Hall–Kier alpha value is -2.44. The van der Waals surface area contributed by atoms with E-state index in [1.807, 2.05) is 18.2 Å². The van der Waals surface area contributed by atoms with Crippen molar-refractivity contribution in [2.45, 2.75) is 63.1 Å². The number of rotatable bonds is 7. The van der Waals surface area contributed by atoms with Crippen molar-refractivity contribution in [1.82, 2.24) is 16.0 Å². The van der Waals surface area contributed by atoms with Crippen molar-refractivity contribution in [3.63, 3.8) is 0 Å². The van der Waals surface area contributed by atoms with E-state index < -0.39 is 0 Å². The molecule has 1 aliphatic heterocycles. The van der Waals surface area contributed by atoms with Crippen molar-refractivity contribution in [3.05, 3.63) is 65.0 Å². The predicted molar refractivity (Wildman–Crippen MR) is 125 cm³/mol. The highest BCUT2D eigenvalue weighted by Crippen LogP contribution is 2.36. The summed E-state index contributed by atoms with van der Waals surface area (Å²) in [5.41, 5.74) is 3.05. The van der Waals surface area contributed by atoms with E-state index in [9.17, 15) is 9.18 Å². The number of carbonyl (C=O) groups is 1. The number of amides is 1. The first-order chi connectivity index (χ1) is 15.5. The van der Waals surface area contributed by atoms with Gasteiger partial charge in [0.25, 0.3) is 5.91 Å². The van der Waals surface area contributed by atoms with Gasteiger partial charge >= 0.3 is 0 Å². The Labute approximate surface area is 190 Å². The molecular weight excluding hydrogens is 405 g/mol. The highest BCUT2D eigenvalue weighted by atomic mass is 19.1. The van der Waals surface area contributed by atoms with Crippen molar-refractivity contribution in [3.8, 4) is 5.75 Å². The van der Waals surface area contributed by atoms with E-state index in [4.69, 9.17) is 4.74 Å². The van der Waals surface area contributed by atoms with Gasteiger partial charge in [-0.1, -0.05) is 18.2 Å². The van der Waals surface area contributed by atoms with Crippen molar-refractivity contribution < 1.29 is 13.9 Å². The number of ether oxygens (including phenoxy) is 1. The van der Waals surface area contributed by atoms with Crippen LogP contribution in [0.4, 0.5) is 4.39 Å². The lowest BCUT2D eigenvalue weighted by atomic mass is 9.96. The third kappa shape index (κ3) is 5.48. The molecule has 4 rings (SSSR count). The summed E-state index contributed by atoms with van der Waals surface area (Å²) >= 11 is 0. The number of hydrogen-bond donors (Lipinski definition) is 3. The number of benzene rings is 2. The molecule has 3 atom stereocenters. The molecule has 2 aromatic carbocycles. The first-order valence-corrected chi connectivity index (χ1v) is 11.7. The number of methoxy groups -OCH3 is 1. The molecule has 2 fully saturated rings. The van der Waals surface area contributed by atoms with Crippen LogP contribution in [0.15, 0.2) is 42.5 Å². The zero-order valence-corrected chi connectivity index (χ0v) is 19.0. The minimum absolute atomic E-state index is 0.0259. The molecule has 3 N–H and O–H groups in total. The summed E-state index contributed by atoms with van der Waals surface area (Å²) in [6.07, 6.45) is 5.26. The summed E-state index contributed by atoms with van der Waals surface area (Å²) in [6.45, 7) is 4.04. The Bertz CT molecular complexity index is 912. The Morgan fingerprint density at radius 2 is 1.81 bits per heavy atom. The molecule has 1 saturated heterocycles. The molecule has 5 nitrogen and oxygen atoms in total. The topological polar surface area (TPSA) is 62.4 Å². The first kappa shape index (κ1) is 22.7. The monoisotopic (exact) mass is 439 g/mol. The van der Waals surface area contributed by atoms with Gasteiger partial charge in [0.05, 0.1) is 7.11 Å². The Kier molecular flexibility index (Phi) is 7.43. The van der Waals surface area contributed by atoms with Crippen LogP contribution in [-0.2, 0) is 0 Å². The van der Waals surface area contributed by atoms with Gasteiger partial charge < -0.3 is 20.7 Å². The summed E-state index contributed by atoms with van der Waals surface area (Å²) < 4.78 is 18.8. The second kappa shape index (κ2) is 10.5. The van der Waals surface area contributed by atoms with E-state index in [1.54, 1.807) is 6.07 Å². The standard InChI is InChI=1S/C26H34FN3O2/c1-17(20-8-10-24(27)25(16-20)32-2)29-23-9-7-21(15-23)18-3-5-19(6-4-18)26(31)30-22-11-13-28-14-12-22/h3-6,8,10,16-17,21-23,28-29H,7,9,11-15H2,1-2H3,(H,30,31)/t17-,21-,23+/m1/s1. The fraction of sp³-hybridized carbons (Fsp3) is 0.500. The first-order valence-electron chi connectivity index (χ1n) is 11.7. The maximum Gasteiger partial charge on any atom is 0.251 e. The Balaban J connectivity index is 1.30. The highest BCUT2D eigenvalue weighted by molar-refractivity contribution is 5.94. The van der Waals surface area contributed by atoms with Crippen molar-refractivity contribution >= 4 is 5.91 Å². The minimum atomic E-state index is -0.336. The lowest BCUT2D eigenvalue weighted by Crippen LogP contribution is -2.42. The highest BCUT2D eigenvalue weighted by Gasteiger charge is 2.27. The van der Waals surface area contributed by atoms with Crippen LogP contribution in [0.25, 0.3) is 0 Å². The van der Waals surface area contributed by atoms with Gasteiger partial charge in [0.2, 0.25) is 0 Å². The van der Waals surface area contributed by atoms with Crippen LogP contribution in [0, 0.1) is 5.82 Å². The van der Waals surface area contributed by atoms with Crippen LogP contribution in [0.1, 0.15) is 72.5 Å². The van der Waals surface area contributed by atoms with E-state index >= 15 is 0 Å². The molecule has 1 saturated carbocycles. The molecule has 0 aromatic heterocycles. The van der Waals surface area contributed by atoms with E-state index in [1.165, 1.54) is 18.7 Å². The zero-order chi connectivity index (χ0) is 22.5. The van der Waals surface area contributed by atoms with Crippen molar-refractivity contribution in [2.75, 3.05) is 20.2 Å². The number of hydrogen-bond acceptors (Lipinski definition) is 4. The van der Waals surface area contributed by atoms with Crippen LogP contribution in [-0.4, -0.2) is 38.2 Å². The zero-order valence-electron chi connectivity index (χ0n) is 19.0. The van der Waals surface area contributed by atoms with Gasteiger partial charge in [0, 0.05) is 23.7 Å². The van der Waals surface area contributed by atoms with Gasteiger partial charge in [-0.2, -0.15) is 0 Å². The molecule has 172 valence electrons. The summed E-state index contributed by atoms with van der Waals surface area (Å²) in [7, 11) is 1.49. The molecule has 2 aliphatic rings. The average molecular weight is 440 g/mol. The number of nitrogens with one attached hydrogen (secondary N) is 3. The van der Waals surface area contributed by atoms with E-state index in [2.05, 4.69) is 35.0 Å². The molecule has 0 bridgehead atoms. The number of halogens is 1. The van der Waals surface area contributed by atoms with Crippen LogP contribution in [0.2, 0.25) is 0 Å². The average Bonchev–Trinajstić information content (AvgIpc) is 3.28. The van der Waals surface area contributed by atoms with Crippen molar-refractivity contribution in [2.24, 2.45) is 0 Å². The smallest absolute Gasteiger partial charge is 0.251 e. The van der Waals surface area contributed by atoms with Crippen LogP contribution in [0.3, 0.4) is 0 Å². The minimum Gasteiger partial charge on any atom is -0.494 e. The SMILES string of the molecule is COc1cc([C@@H](C)N[C@H]2CC[C@@H](c3ccc(C(=O)NC4CCNCC4)cc3)C2)ccc1F. The quantitative estimate of drug-likeness (QED) is 0.602. The molecule has 0 unspecified atom stereocenters. The molecule has 6 heteroatoms. The Morgan fingerprint density at radius 3 is 2.53 bits per heavy atom. The molecule has 0 radical (unpaired) electrons. The molecular formula is C26H34FN3O2. The lowest BCUT2D eigenvalue weighted by Gasteiger charge is -2.23. The second-order valence-corrected chi connectivity index (χ2v) is 9.11. The maximum absolute atomic E-state index is 13.7. The van der Waals surface area contributed by atoms with E-state index in [-0.39, 0.29) is 29.6 Å². The number of piperidine rings is 1. The van der Waals surface area contributed by atoms with Gasteiger partial charge in [0.15, 0.2) is 11.6 Å². The predicted octanol–water partition coefficient (Wildman–Crippen LogP) is 4.30. The van der Waals surface area contributed by atoms with Crippen LogP contribution in [0.5, 0.6) is 5.75 Å². The van der Waals surface area contributed by atoms with Crippen molar-refractivity contribution in [1.29, 1.82) is 0 Å². The molecule has 1 amide bonds. The maximum atomic E-state index is 13.7. The lowest BCUT2D eigenvalue weighted by molar-refractivity contribution is 0.0929. The second-order valence-electron chi connectivity index (χ2n) is 9.11. The van der Waals surface area contributed by atoms with Gasteiger partial charge in [-0.15, -0.1) is 0 Å². The third-order valence-corrected chi connectivity index (χ3v) is 6.91. The number of carbonyl (C=O) groups excluding carboxylic acids is 1. The summed E-state index contributed by atoms with van der Waals surface area (Å²) in [4.78, 5) is 12.5. The fourth-order valence-corrected chi connectivity index (χ4v) is 4.97. The largest absolute Gasteiger partial charge is 0.494 e. The summed E-state index contributed by atoms with van der Waals surface area (Å²) in [5, 5.41) is 10.2. The van der Waals surface area contributed by atoms with E-state index in [0.29, 0.717) is 12.0 Å². The van der Waals surface area contributed by atoms with E-state index in [0.717, 1.165) is 56.3 Å². The molecule has 2 aromatic rings. The normalized spacial score (nSPS) is 22.5. The third-order valence-electron chi connectivity index (χ3n) is 6.91. The van der Waals surface area contributed by atoms with Gasteiger partial charge in [0.1, 0.15) is 0 Å².